The van der Waals surface area contributed by atoms with Gasteiger partial charge in [-0.3, -0.25) is 0 Å². The van der Waals surface area contributed by atoms with Gasteiger partial charge in [0.05, 0.1) is 0 Å². The molecule has 0 bridgehead atoms. The largest absolute Gasteiger partial charge is 0.357 e. The summed E-state index contributed by atoms with van der Waals surface area (Å²) in [5.41, 5.74) is 0.872. The Morgan fingerprint density at radius 3 is 2.30 bits per heavy atom. The fourth-order valence-electron chi connectivity index (χ4n) is 2.04. The first-order valence-corrected chi connectivity index (χ1v) is 8.29. The van der Waals surface area contributed by atoms with E-state index in [9.17, 15) is 0 Å². The van der Waals surface area contributed by atoms with Gasteiger partial charge in [-0.15, -0.1) is 0 Å². The minimum atomic E-state index is 0.489. The van der Waals surface area contributed by atoms with Gasteiger partial charge in [-0.1, -0.05) is 37.8 Å². The van der Waals surface area contributed by atoms with Crippen molar-refractivity contribution in [3.05, 3.63) is 29.3 Å². The third-order valence-corrected chi connectivity index (χ3v) is 3.52. The summed E-state index contributed by atoms with van der Waals surface area (Å²) >= 11 is 5.89. The van der Waals surface area contributed by atoms with Crippen molar-refractivity contribution in [2.24, 2.45) is 0 Å². The van der Waals surface area contributed by atoms with E-state index in [2.05, 4.69) is 37.8 Å². The number of rotatable bonds is 9. The third kappa shape index (κ3) is 5.90. The molecule has 0 aliphatic rings. The van der Waals surface area contributed by atoms with Crippen LogP contribution in [0.2, 0.25) is 5.02 Å². The lowest BCUT2D eigenvalue weighted by molar-refractivity contribution is 0.683. The minimum Gasteiger partial charge on any atom is -0.357 e. The average molecular weight is 335 g/mol. The van der Waals surface area contributed by atoms with Crippen LogP contribution in [0.1, 0.15) is 32.6 Å². The van der Waals surface area contributed by atoms with Crippen molar-refractivity contribution in [3.8, 4) is 0 Å². The molecule has 0 amide bonds. The highest BCUT2D eigenvalue weighted by Crippen LogP contribution is 2.18. The van der Waals surface area contributed by atoms with E-state index in [-0.39, 0.29) is 0 Å². The number of halogens is 1. The van der Waals surface area contributed by atoms with Crippen LogP contribution in [0.15, 0.2) is 24.3 Å². The van der Waals surface area contributed by atoms with E-state index >= 15 is 0 Å². The molecule has 0 fully saturated rings. The highest BCUT2D eigenvalue weighted by Gasteiger charge is 2.06. The molecule has 2 aromatic rings. The van der Waals surface area contributed by atoms with Gasteiger partial charge in [-0.25, -0.2) is 0 Å². The molecule has 0 saturated carbocycles. The molecule has 1 aromatic heterocycles. The van der Waals surface area contributed by atoms with Gasteiger partial charge in [0, 0.05) is 24.3 Å². The molecule has 0 unspecified atom stereocenters. The number of nitrogens with one attached hydrogen (secondary N) is 3. The maximum Gasteiger partial charge on any atom is 0.233 e. The number of aromatic nitrogens is 3. The Hall–Kier alpha value is -2.08. The van der Waals surface area contributed by atoms with Crippen molar-refractivity contribution in [2.45, 2.75) is 32.6 Å². The summed E-state index contributed by atoms with van der Waals surface area (Å²) in [6.07, 6.45) is 4.80. The molecule has 7 heteroatoms. The second kappa shape index (κ2) is 9.15. The van der Waals surface area contributed by atoms with Crippen LogP contribution in [0, 0.1) is 0 Å². The van der Waals surface area contributed by atoms with E-state index in [0.717, 1.165) is 18.7 Å². The number of hydrogen-bond acceptors (Lipinski definition) is 6. The van der Waals surface area contributed by atoms with Crippen molar-refractivity contribution in [2.75, 3.05) is 29.5 Å². The van der Waals surface area contributed by atoms with Crippen molar-refractivity contribution >= 4 is 35.1 Å². The van der Waals surface area contributed by atoms with Crippen molar-refractivity contribution in [3.63, 3.8) is 0 Å². The molecule has 0 aliphatic heterocycles. The van der Waals surface area contributed by atoms with E-state index in [1.54, 1.807) is 7.05 Å². The zero-order valence-electron chi connectivity index (χ0n) is 13.6. The topological polar surface area (TPSA) is 74.8 Å². The molecule has 0 atom stereocenters. The van der Waals surface area contributed by atoms with Gasteiger partial charge >= 0.3 is 0 Å². The lowest BCUT2D eigenvalue weighted by Crippen LogP contribution is -2.10. The zero-order chi connectivity index (χ0) is 16.5. The van der Waals surface area contributed by atoms with Gasteiger partial charge in [-0.2, -0.15) is 15.0 Å². The smallest absolute Gasteiger partial charge is 0.233 e. The standard InChI is InChI=1S/C16H23ClN6/c1-3-4-5-6-11-19-15-21-14(18-2)22-16(23-15)20-13-9-7-12(17)8-10-13/h7-10H,3-6,11H2,1-2H3,(H3,18,19,20,21,22,23). The van der Waals surface area contributed by atoms with Crippen LogP contribution < -0.4 is 16.0 Å². The zero-order valence-corrected chi connectivity index (χ0v) is 14.3. The molecule has 1 heterocycles. The summed E-state index contributed by atoms with van der Waals surface area (Å²) in [7, 11) is 1.78. The maximum atomic E-state index is 5.89. The molecule has 3 N–H and O–H groups in total. The molecule has 0 radical (unpaired) electrons. The van der Waals surface area contributed by atoms with Gasteiger partial charge < -0.3 is 16.0 Å². The highest BCUT2D eigenvalue weighted by molar-refractivity contribution is 6.30. The Bertz CT molecular complexity index is 602. The number of hydrogen-bond donors (Lipinski definition) is 3. The van der Waals surface area contributed by atoms with Gasteiger partial charge in [0.1, 0.15) is 0 Å². The summed E-state index contributed by atoms with van der Waals surface area (Å²) < 4.78 is 0. The van der Waals surface area contributed by atoms with Crippen molar-refractivity contribution in [1.29, 1.82) is 0 Å². The fourth-order valence-corrected chi connectivity index (χ4v) is 2.16. The Morgan fingerprint density at radius 2 is 1.61 bits per heavy atom. The molecular weight excluding hydrogens is 312 g/mol. The minimum absolute atomic E-state index is 0.489. The lowest BCUT2D eigenvalue weighted by Gasteiger charge is -2.10. The van der Waals surface area contributed by atoms with Crippen LogP contribution in [-0.4, -0.2) is 28.5 Å². The van der Waals surface area contributed by atoms with Gasteiger partial charge in [0.2, 0.25) is 17.8 Å². The van der Waals surface area contributed by atoms with Crippen LogP contribution in [-0.2, 0) is 0 Å². The maximum absolute atomic E-state index is 5.89. The van der Waals surface area contributed by atoms with E-state index in [4.69, 9.17) is 11.6 Å². The molecule has 1 aromatic carbocycles. The normalized spacial score (nSPS) is 10.4. The predicted octanol–water partition coefficient (Wildman–Crippen LogP) is 4.30. The SMILES string of the molecule is CCCCCCNc1nc(NC)nc(Nc2ccc(Cl)cc2)n1. The second-order valence-electron chi connectivity index (χ2n) is 5.18. The molecule has 0 aliphatic carbocycles. The summed E-state index contributed by atoms with van der Waals surface area (Å²) in [6, 6.07) is 7.39. The van der Waals surface area contributed by atoms with Crippen molar-refractivity contribution in [1.82, 2.24) is 15.0 Å². The first-order valence-electron chi connectivity index (χ1n) is 7.91. The van der Waals surface area contributed by atoms with Crippen LogP contribution in [0.3, 0.4) is 0 Å². The molecular formula is C16H23ClN6. The molecule has 2 rings (SSSR count). The number of unbranched alkanes of at least 4 members (excludes halogenated alkanes) is 3. The Balaban J connectivity index is 2.01. The Morgan fingerprint density at radius 1 is 0.913 bits per heavy atom. The predicted molar refractivity (Wildman–Crippen MR) is 96.7 cm³/mol. The lowest BCUT2D eigenvalue weighted by atomic mass is 10.2. The first-order chi connectivity index (χ1) is 11.2. The number of anilines is 4. The van der Waals surface area contributed by atoms with Gasteiger partial charge in [-0.05, 0) is 30.7 Å². The highest BCUT2D eigenvalue weighted by atomic mass is 35.5. The molecule has 124 valence electrons. The van der Waals surface area contributed by atoms with E-state index in [1.807, 2.05) is 24.3 Å². The molecule has 0 saturated heterocycles. The quantitative estimate of drug-likeness (QED) is 0.593. The average Bonchev–Trinajstić information content (AvgIpc) is 2.56. The number of benzene rings is 1. The fraction of sp³-hybridized carbons (Fsp3) is 0.438. The van der Waals surface area contributed by atoms with Gasteiger partial charge in [0.15, 0.2) is 0 Å². The summed E-state index contributed by atoms with van der Waals surface area (Å²) in [5, 5.41) is 10.0. The molecule has 0 spiro atoms. The van der Waals surface area contributed by atoms with E-state index in [1.165, 1.54) is 19.3 Å². The Kier molecular flexibility index (Phi) is 6.87. The summed E-state index contributed by atoms with van der Waals surface area (Å²) in [5.74, 6) is 1.58. The second-order valence-corrected chi connectivity index (χ2v) is 5.61. The molecule has 23 heavy (non-hydrogen) atoms. The van der Waals surface area contributed by atoms with Crippen LogP contribution in [0.4, 0.5) is 23.5 Å². The van der Waals surface area contributed by atoms with Crippen LogP contribution in [0.25, 0.3) is 0 Å². The Labute approximate surface area is 142 Å². The summed E-state index contributed by atoms with van der Waals surface area (Å²) in [6.45, 7) is 3.06. The third-order valence-electron chi connectivity index (χ3n) is 3.27. The molecule has 6 nitrogen and oxygen atoms in total. The summed E-state index contributed by atoms with van der Waals surface area (Å²) in [4.78, 5) is 13.0. The van der Waals surface area contributed by atoms with E-state index < -0.39 is 0 Å². The van der Waals surface area contributed by atoms with E-state index in [0.29, 0.717) is 22.9 Å². The monoisotopic (exact) mass is 334 g/mol. The van der Waals surface area contributed by atoms with Gasteiger partial charge in [0.25, 0.3) is 0 Å². The van der Waals surface area contributed by atoms with Crippen molar-refractivity contribution < 1.29 is 0 Å². The van der Waals surface area contributed by atoms with Crippen LogP contribution >= 0.6 is 11.6 Å². The number of nitrogens with zero attached hydrogens (tertiary/aromatic N) is 3. The van der Waals surface area contributed by atoms with Crippen LogP contribution in [0.5, 0.6) is 0 Å². The first kappa shape index (κ1) is 17.3.